The Kier molecular flexibility index (Phi) is 78.4. The Bertz CT molecular complexity index is 2890. The molecule has 0 heterocycles. The highest BCUT2D eigenvalue weighted by Crippen LogP contribution is 2.45. The predicted molar refractivity (Wildman–Crippen MR) is 463 cm³/mol. The summed E-state index contributed by atoms with van der Waals surface area (Å²) in [7, 11) is -10.0. The molecule has 3 N–H and O–H groups in total. The van der Waals surface area contributed by atoms with Crippen LogP contribution in [0, 0.1) is 0 Å². The summed E-state index contributed by atoms with van der Waals surface area (Å²) in [5, 5.41) is 10.7. The van der Waals surface area contributed by atoms with Crippen LogP contribution in [0.2, 0.25) is 0 Å². The molecule has 0 amide bonds. The smallest absolute Gasteiger partial charge is 0.462 e. The van der Waals surface area contributed by atoms with Crippen molar-refractivity contribution < 1.29 is 80.2 Å². The molecule has 112 heavy (non-hydrogen) atoms. The number of phosphoric acid groups is 2. The standard InChI is InChI=1S/C93H150O17P2/c1-5-9-13-17-21-25-29-33-37-40-43-46-50-54-58-62-66-70-74-78-91(96)104-84-89(110-93(98)80-76-72-68-64-60-56-52-48-45-42-39-35-31-27-23-19-15-11-7-3)86-108-112(101,102)106-82-87(94)81-105-111(99,100)107-85-88(83-103-90(95)77-73-69-65-61-57-53-49-36-32-28-24-20-16-12-8-4)109-92(97)79-75-71-67-63-59-55-51-47-44-41-38-34-30-26-22-18-14-10-6-2/h9,11,13,15,21-23,25-27,33-35,37-39,43-48,54-56,58-60,67-68,71-72,87-89,94H,5-8,10,12,14,16-20,24,28-32,36,40-42,49-53,57,61-66,69-70,73-86H2,1-4H3,(H,99,100)(H,101,102)/b13-9-,15-11-,25-21-,26-22-,27-23-,37-33-,38-34-,39-35-,46-43-,47-44-,48-45-,58-54-,59-55-,60-56-,71-67-,72-68-/t87-,88+,89+/m0/s1. The minimum atomic E-state index is -5.03. The molecular formula is C93H150O17P2. The number of aliphatic hydroxyl groups excluding tert-OH is 1. The van der Waals surface area contributed by atoms with Crippen LogP contribution < -0.4 is 0 Å². The lowest BCUT2D eigenvalue weighted by molar-refractivity contribution is -0.161. The van der Waals surface area contributed by atoms with E-state index in [2.05, 4.69) is 186 Å². The average Bonchev–Trinajstić information content (AvgIpc) is 0.907. The summed E-state index contributed by atoms with van der Waals surface area (Å²) in [5.74, 6) is -2.42. The lowest BCUT2D eigenvalue weighted by Crippen LogP contribution is -2.30. The van der Waals surface area contributed by atoms with Crippen LogP contribution in [-0.2, 0) is 65.4 Å². The van der Waals surface area contributed by atoms with Crippen LogP contribution in [0.4, 0.5) is 0 Å². The van der Waals surface area contributed by atoms with E-state index in [-0.39, 0.29) is 25.7 Å². The normalized spacial score (nSPS) is 14.7. The summed E-state index contributed by atoms with van der Waals surface area (Å²) in [6.07, 6.45) is 103. The van der Waals surface area contributed by atoms with Crippen LogP contribution in [0.1, 0.15) is 310 Å². The molecule has 0 aliphatic rings. The lowest BCUT2D eigenvalue weighted by Gasteiger charge is -2.21. The van der Waals surface area contributed by atoms with Crippen LogP contribution in [-0.4, -0.2) is 96.7 Å². The van der Waals surface area contributed by atoms with Crippen molar-refractivity contribution in [2.75, 3.05) is 39.6 Å². The number of allylic oxidation sites excluding steroid dienone is 32. The molecule has 5 atom stereocenters. The summed E-state index contributed by atoms with van der Waals surface area (Å²) in [5.41, 5.74) is 0. The number of hydrogen-bond donors (Lipinski definition) is 3. The zero-order valence-corrected chi connectivity index (χ0v) is 71.3. The second-order valence-electron chi connectivity index (χ2n) is 27.7. The van der Waals surface area contributed by atoms with E-state index in [0.717, 1.165) is 135 Å². The zero-order chi connectivity index (χ0) is 81.7. The number of hydrogen-bond acceptors (Lipinski definition) is 15. The van der Waals surface area contributed by atoms with Gasteiger partial charge >= 0.3 is 39.5 Å². The summed E-state index contributed by atoms with van der Waals surface area (Å²) in [6, 6.07) is 0. The number of phosphoric ester groups is 2. The topological polar surface area (TPSA) is 237 Å². The third-order valence-electron chi connectivity index (χ3n) is 17.1. The van der Waals surface area contributed by atoms with Gasteiger partial charge in [-0.3, -0.25) is 37.3 Å². The van der Waals surface area contributed by atoms with E-state index in [4.69, 9.17) is 37.0 Å². The van der Waals surface area contributed by atoms with E-state index >= 15 is 0 Å². The molecule has 0 aromatic heterocycles. The number of carbonyl (C=O) groups is 4. The van der Waals surface area contributed by atoms with Crippen molar-refractivity contribution in [1.29, 1.82) is 0 Å². The molecule has 0 bridgehead atoms. The van der Waals surface area contributed by atoms with Crippen LogP contribution in [0.15, 0.2) is 194 Å². The third kappa shape index (κ3) is 81.9. The molecule has 0 saturated heterocycles. The number of esters is 4. The van der Waals surface area contributed by atoms with E-state index in [9.17, 15) is 43.2 Å². The minimum absolute atomic E-state index is 0.0358. The fraction of sp³-hybridized carbons (Fsp3) is 0.613. The van der Waals surface area contributed by atoms with E-state index in [1.807, 2.05) is 36.5 Å². The van der Waals surface area contributed by atoms with Gasteiger partial charge in [-0.25, -0.2) is 9.13 Å². The maximum Gasteiger partial charge on any atom is 0.472 e. The first-order chi connectivity index (χ1) is 54.7. The lowest BCUT2D eigenvalue weighted by atomic mass is 10.0. The summed E-state index contributed by atoms with van der Waals surface area (Å²) < 4.78 is 68.6. The molecule has 0 saturated carbocycles. The van der Waals surface area contributed by atoms with E-state index in [0.29, 0.717) is 38.5 Å². The van der Waals surface area contributed by atoms with Crippen molar-refractivity contribution in [3.63, 3.8) is 0 Å². The zero-order valence-electron chi connectivity index (χ0n) is 69.5. The van der Waals surface area contributed by atoms with Gasteiger partial charge in [0.1, 0.15) is 19.3 Å². The van der Waals surface area contributed by atoms with E-state index in [1.54, 1.807) is 0 Å². The van der Waals surface area contributed by atoms with Gasteiger partial charge in [0.25, 0.3) is 0 Å². The molecule has 0 rings (SSSR count). The number of carbonyl (C=O) groups excluding carboxylic acids is 4. The fourth-order valence-electron chi connectivity index (χ4n) is 10.7. The van der Waals surface area contributed by atoms with Crippen LogP contribution in [0.25, 0.3) is 0 Å². The summed E-state index contributed by atoms with van der Waals surface area (Å²) in [4.78, 5) is 73.2. The number of aliphatic hydroxyl groups is 1. The van der Waals surface area contributed by atoms with Gasteiger partial charge in [0, 0.05) is 25.7 Å². The Morgan fingerprint density at radius 3 is 0.768 bits per heavy atom. The highest BCUT2D eigenvalue weighted by Gasteiger charge is 2.30. The van der Waals surface area contributed by atoms with Gasteiger partial charge in [0.15, 0.2) is 12.2 Å². The van der Waals surface area contributed by atoms with Crippen molar-refractivity contribution in [3.8, 4) is 0 Å². The number of rotatable bonds is 78. The molecule has 634 valence electrons. The highest BCUT2D eigenvalue weighted by molar-refractivity contribution is 7.47. The first kappa shape index (κ1) is 106. The number of unbranched alkanes of at least 4 members (excludes halogenated alkanes) is 20. The third-order valence-corrected chi connectivity index (χ3v) is 19.0. The maximum atomic E-state index is 13.1. The minimum Gasteiger partial charge on any atom is -0.462 e. The van der Waals surface area contributed by atoms with E-state index < -0.39 is 97.5 Å². The molecule has 19 heteroatoms. The SMILES string of the molecule is CC/C=C\C/C=C\C/C=C\C/C=C\C/C=C\C/C=C\CCC(=O)O[C@H](COC(=O)CCCCC/C=C\C/C=C\C/C=C\C/C=C\C/C=C\CC)COP(=O)(O)OC[C@@H](O)COP(=O)(O)OC[C@@H](COC(=O)CCCCCCCCCCCCCCCCC)OC(=O)CC/C=C\C/C=C\C/C=C\C/C=C\C/C=C\CCCCC. The Labute approximate surface area is 678 Å². The van der Waals surface area contributed by atoms with Crippen molar-refractivity contribution in [3.05, 3.63) is 194 Å². The van der Waals surface area contributed by atoms with Crippen LogP contribution in [0.3, 0.4) is 0 Å². The Balaban J connectivity index is 5.57. The molecule has 0 fully saturated rings. The molecule has 17 nitrogen and oxygen atoms in total. The quantitative estimate of drug-likeness (QED) is 0.0169. The van der Waals surface area contributed by atoms with Crippen molar-refractivity contribution in [2.45, 2.75) is 329 Å². The Morgan fingerprint density at radius 2 is 0.482 bits per heavy atom. The highest BCUT2D eigenvalue weighted by atomic mass is 31.2. The van der Waals surface area contributed by atoms with Gasteiger partial charge in [-0.15, -0.1) is 0 Å². The molecule has 0 radical (unpaired) electrons. The molecule has 0 aliphatic carbocycles. The van der Waals surface area contributed by atoms with Crippen LogP contribution >= 0.6 is 15.6 Å². The van der Waals surface area contributed by atoms with Gasteiger partial charge in [-0.05, 0) is 148 Å². The van der Waals surface area contributed by atoms with Gasteiger partial charge in [0.05, 0.1) is 26.4 Å². The maximum absolute atomic E-state index is 13.1. The first-order valence-corrected chi connectivity index (χ1v) is 45.7. The second kappa shape index (κ2) is 82.9. The second-order valence-corrected chi connectivity index (χ2v) is 30.6. The predicted octanol–water partition coefficient (Wildman–Crippen LogP) is 25.7. The summed E-state index contributed by atoms with van der Waals surface area (Å²) in [6.45, 7) is 4.42. The molecule has 0 spiro atoms. The first-order valence-electron chi connectivity index (χ1n) is 42.7. The molecule has 2 unspecified atom stereocenters. The molecule has 0 aromatic rings. The largest absolute Gasteiger partial charge is 0.472 e. The monoisotopic (exact) mass is 1600 g/mol. The number of ether oxygens (including phenoxy) is 4. The average molecular weight is 1600 g/mol. The van der Waals surface area contributed by atoms with Gasteiger partial charge in [-0.2, -0.15) is 0 Å². The van der Waals surface area contributed by atoms with Crippen molar-refractivity contribution in [2.24, 2.45) is 0 Å². The molecule has 0 aliphatic heterocycles. The van der Waals surface area contributed by atoms with E-state index in [1.165, 1.54) is 83.5 Å². The van der Waals surface area contributed by atoms with Crippen LogP contribution in [0.5, 0.6) is 0 Å². The summed E-state index contributed by atoms with van der Waals surface area (Å²) >= 11 is 0. The Hall–Kier alpha value is -6.10. The fourth-order valence-corrected chi connectivity index (χ4v) is 12.2. The van der Waals surface area contributed by atoms with Gasteiger partial charge < -0.3 is 33.8 Å². The Morgan fingerprint density at radius 1 is 0.259 bits per heavy atom. The van der Waals surface area contributed by atoms with Crippen molar-refractivity contribution >= 4 is 39.5 Å². The molecule has 0 aromatic carbocycles. The molecular weight excluding hydrogens is 1450 g/mol. The van der Waals surface area contributed by atoms with Gasteiger partial charge in [0.2, 0.25) is 0 Å². The van der Waals surface area contributed by atoms with Gasteiger partial charge in [-0.1, -0.05) is 331 Å². The van der Waals surface area contributed by atoms with Crippen molar-refractivity contribution in [1.82, 2.24) is 0 Å².